The van der Waals surface area contributed by atoms with Crippen LogP contribution in [0.3, 0.4) is 0 Å². The summed E-state index contributed by atoms with van der Waals surface area (Å²) in [5.74, 6) is 18.7. The molecule has 0 aromatic heterocycles. The molecule has 21 fully saturated rings. The van der Waals surface area contributed by atoms with Crippen molar-refractivity contribution in [2.45, 2.75) is 512 Å². The first-order valence-electron chi connectivity index (χ1n) is 63.2. The lowest BCUT2D eigenvalue weighted by molar-refractivity contribution is -0.140. The van der Waals surface area contributed by atoms with Gasteiger partial charge in [-0.3, -0.25) is 48.9 Å². The number of allylic oxidation sites excluding steroid dienone is 1. The molecular weight excluding hydrogens is 1820 g/mol. The zero-order chi connectivity index (χ0) is 109. The molecule has 21 unspecified atom stereocenters. The van der Waals surface area contributed by atoms with Gasteiger partial charge in [-0.2, -0.15) is 0 Å². The lowest BCUT2D eigenvalue weighted by Crippen LogP contribution is -2.58. The summed E-state index contributed by atoms with van der Waals surface area (Å²) in [5, 5.41) is 6.95. The molecule has 15 aliphatic heterocycles. The van der Waals surface area contributed by atoms with Crippen molar-refractivity contribution in [3.8, 4) is 0 Å². The number of carbonyl (C=O) groups excluding carboxylic acids is 1. The van der Waals surface area contributed by atoms with E-state index in [-0.39, 0.29) is 5.54 Å². The van der Waals surface area contributed by atoms with Gasteiger partial charge in [-0.25, -0.2) is 0 Å². The Kier molecular flexibility index (Phi) is 45.8. The Balaban J connectivity index is 0.000000152. The van der Waals surface area contributed by atoms with Crippen molar-refractivity contribution in [2.24, 2.45) is 128 Å². The molecule has 15 heterocycles. The number of fused-ring (bicyclic) bond motifs is 11. The Morgan fingerprint density at radius 3 is 1.20 bits per heavy atom. The van der Waals surface area contributed by atoms with Crippen LogP contribution < -0.4 is 10.6 Å². The number of carbonyl (C=O) groups is 1. The largest absolute Gasteiger partial charge is 0.497 e. The second-order valence-corrected chi connectivity index (χ2v) is 65.7. The van der Waals surface area contributed by atoms with Gasteiger partial charge in [0.05, 0.1) is 50.8 Å². The van der Waals surface area contributed by atoms with Crippen molar-refractivity contribution in [2.75, 3.05) is 177 Å². The third kappa shape index (κ3) is 40.5. The summed E-state index contributed by atoms with van der Waals surface area (Å²) in [7, 11) is 0. The normalized spacial score (nSPS) is 34.4. The fourth-order valence-corrected chi connectivity index (χ4v) is 28.3. The lowest BCUT2D eigenvalue weighted by Gasteiger charge is -2.49. The molecule has 16 heteroatoms. The standard InChI is InChI=1S/C13H25N.C12H23N.C11H20N2O.C11H22N2.C11H21NO.C11H21N.C11H19N.C10H19N.C10H16O.C9H17N.C7H13N.C6H10O.2C5H12/c1-13(2,3)14-9-5-8-11-6-4-7-12(11)10-14;1-12(2,3)11-6-9-4-5-13-8-10(9)7-11;1-11(2,3)12-7-9-5-4-6-13(9)10(14)8-12;1-11(2,3)13-8-7-12-6-4-5-10(12)9-13;1-11(2,3)9-6-10-8-13-5-4-12(10)7-9;1-11(2,3)12-7-6-9-4-5-10(9)8-12;1-11(2,3)12-7-9-5-4-6-10(9)8-12;1-10(2,3)11-5-4-8-6-9(8)7-11;1-10(2,3)8-4-7-6-11-9(7)5-8;1-9(2,3)10-5-7-4-8(7)6-10;1-2-6-4-8-5-7(6)3-1;1-2-5-4-7-6(5)3-1;2*1-5(2,3)4/h11-12H,4-10H2,1-3H3;9-11,13H,4-8H2,1-3H3;9H,4-8H2,1-3H3;10H,4-9H2,1-3H3;9-10H,4-8H2,1-3H3;9-10H,4-8H2,1-3H3;4-8H2,1-3H3;8-9H,4-7H2,1-3H3;5,7-8H,4,6H2,1-3H3;7-8H,4-6H2,1-3H3;6-8H,1-5H2;5-6H,1-4H2;2*1-4H3. The molecule has 862 valence electrons. The SMILES string of the molecule is C1CC2CNCC2C1.C1CC2COC2C1.CC(C)(C)C.CC(C)(C)C.CC(C)(C)C1C=C2OCC2C1.CC(C)(C)C1CC2CCNCC2C1.CC(C)(C)C1CC2COCCN2C1.CC(C)(C)N1CC(=O)N2CCCC2C1.CC(C)(C)N1CC2=C(CCC2)C1.CC(C)(C)N1CC2CC2C1.CC(C)(C)N1CCC2CC2C1.CC(C)(C)N1CCC2CCC2C1.CC(C)(C)N1CCCC2CCCC2C1.CC(C)(C)N1CCN2CCCC2C1. The Morgan fingerprint density at radius 2 is 0.736 bits per heavy atom. The van der Waals surface area contributed by atoms with E-state index in [0.717, 1.165) is 159 Å². The van der Waals surface area contributed by atoms with Crippen molar-refractivity contribution in [3.63, 3.8) is 0 Å². The minimum Gasteiger partial charge on any atom is -0.497 e. The molecule has 0 bridgehead atoms. The molecule has 0 radical (unpaired) electrons. The molecule has 14 saturated heterocycles. The number of amides is 1. The Morgan fingerprint density at radius 1 is 0.291 bits per heavy atom. The number of piperazine rings is 2. The van der Waals surface area contributed by atoms with E-state index in [1.165, 1.54) is 316 Å². The van der Waals surface area contributed by atoms with Crippen molar-refractivity contribution in [3.05, 3.63) is 23.0 Å². The quantitative estimate of drug-likeness (QED) is 0.225. The van der Waals surface area contributed by atoms with E-state index in [2.05, 4.69) is 329 Å². The number of rotatable bonds is 0. The van der Waals surface area contributed by atoms with Gasteiger partial charge in [0, 0.05) is 154 Å². The van der Waals surface area contributed by atoms with Gasteiger partial charge in [-0.15, -0.1) is 0 Å². The number of morpholine rings is 1. The van der Waals surface area contributed by atoms with Crippen LogP contribution in [-0.4, -0.2) is 295 Å². The van der Waals surface area contributed by atoms with E-state index in [0.29, 0.717) is 84.9 Å². The fourth-order valence-electron chi connectivity index (χ4n) is 28.3. The minimum absolute atomic E-state index is 0.129. The van der Waals surface area contributed by atoms with E-state index < -0.39 is 0 Å². The average Bonchev–Trinajstić information content (AvgIpc) is 1.71. The van der Waals surface area contributed by atoms with Crippen LogP contribution in [0.25, 0.3) is 0 Å². The fraction of sp³-hybridized carbons (Fsp3) is 0.962. The van der Waals surface area contributed by atoms with Gasteiger partial charge in [-0.05, 0) is 480 Å². The average molecular weight is 2070 g/mol. The first-order chi connectivity index (χ1) is 68.6. The summed E-state index contributed by atoms with van der Waals surface area (Å²) in [4.78, 5) is 37.3. The lowest BCUT2D eigenvalue weighted by atomic mass is 9.69. The summed E-state index contributed by atoms with van der Waals surface area (Å²) < 4.78 is 16.1. The number of likely N-dealkylation sites (tertiary alicyclic amines) is 5. The van der Waals surface area contributed by atoms with Crippen LogP contribution in [0.15, 0.2) is 23.0 Å². The number of nitrogens with one attached hydrogen (secondary N) is 2. The van der Waals surface area contributed by atoms with Crippen molar-refractivity contribution in [1.82, 2.24) is 59.6 Å². The van der Waals surface area contributed by atoms with Crippen molar-refractivity contribution < 1.29 is 19.0 Å². The zero-order valence-electron chi connectivity index (χ0n) is 105. The van der Waals surface area contributed by atoms with E-state index >= 15 is 0 Å². The molecule has 1 amide bonds. The van der Waals surface area contributed by atoms with Gasteiger partial charge in [0.1, 0.15) is 0 Å². The van der Waals surface area contributed by atoms with Gasteiger partial charge in [-0.1, -0.05) is 155 Å². The van der Waals surface area contributed by atoms with E-state index in [1.54, 1.807) is 11.1 Å². The Labute approximate surface area is 918 Å². The number of hydrogen-bond acceptors (Lipinski definition) is 15. The van der Waals surface area contributed by atoms with Gasteiger partial charge in [0.25, 0.3) is 0 Å². The molecule has 9 aliphatic carbocycles. The third-order valence-electron chi connectivity index (χ3n) is 39.6. The highest BCUT2D eigenvalue weighted by molar-refractivity contribution is 5.80. The molecule has 24 rings (SSSR count). The summed E-state index contributed by atoms with van der Waals surface area (Å²) in [6.07, 6.45) is 44.6. The molecule has 24 aliphatic rings. The highest BCUT2D eigenvalue weighted by Crippen LogP contribution is 2.52. The van der Waals surface area contributed by atoms with E-state index in [1.807, 2.05) is 0 Å². The molecule has 16 nitrogen and oxygen atoms in total. The monoisotopic (exact) mass is 2070 g/mol. The van der Waals surface area contributed by atoms with Gasteiger partial charge in [0.15, 0.2) is 0 Å². The predicted octanol–water partition coefficient (Wildman–Crippen LogP) is 28.2. The number of hydrogen-bond donors (Lipinski definition) is 2. The van der Waals surface area contributed by atoms with Gasteiger partial charge in [0.2, 0.25) is 5.91 Å². The van der Waals surface area contributed by atoms with Crippen LogP contribution in [0.4, 0.5) is 0 Å². The van der Waals surface area contributed by atoms with Gasteiger partial charge < -0.3 is 29.7 Å². The second-order valence-electron chi connectivity index (χ2n) is 65.7. The first-order valence-corrected chi connectivity index (χ1v) is 63.2. The van der Waals surface area contributed by atoms with Crippen LogP contribution in [0.1, 0.15) is 449 Å². The maximum Gasteiger partial charge on any atom is 0.237 e. The van der Waals surface area contributed by atoms with Crippen molar-refractivity contribution in [1.29, 1.82) is 0 Å². The summed E-state index contributed by atoms with van der Waals surface area (Å²) in [5.41, 5.74) is 8.43. The zero-order valence-corrected chi connectivity index (χ0v) is 105. The Bertz CT molecular complexity index is 3780. The van der Waals surface area contributed by atoms with Crippen LogP contribution >= 0.6 is 0 Å². The summed E-state index contributed by atoms with van der Waals surface area (Å²) in [6, 6.07) is 2.08. The highest BCUT2D eigenvalue weighted by atomic mass is 16.5. The number of nitrogens with zero attached hydrogens (tertiary/aromatic N) is 10. The third-order valence-corrected chi connectivity index (χ3v) is 39.6. The number of piperidine rings is 4. The second kappa shape index (κ2) is 53.7. The number of ether oxygens (including phenoxy) is 3. The van der Waals surface area contributed by atoms with Crippen LogP contribution in [0.2, 0.25) is 0 Å². The van der Waals surface area contributed by atoms with Crippen LogP contribution in [-0.2, 0) is 19.0 Å². The van der Waals surface area contributed by atoms with Crippen LogP contribution in [0, 0.1) is 128 Å². The predicted molar refractivity (Wildman–Crippen MR) is 635 cm³/mol. The van der Waals surface area contributed by atoms with E-state index in [4.69, 9.17) is 14.2 Å². The molecule has 0 spiro atoms. The van der Waals surface area contributed by atoms with Crippen molar-refractivity contribution >= 4 is 5.91 Å². The molecule has 0 aromatic carbocycles. The molecule has 7 saturated carbocycles. The molecule has 2 N–H and O–H groups in total. The highest BCUT2D eigenvalue weighted by Gasteiger charge is 2.51. The minimum atomic E-state index is 0.129. The smallest absolute Gasteiger partial charge is 0.237 e. The first kappa shape index (κ1) is 126. The van der Waals surface area contributed by atoms with E-state index in [9.17, 15) is 4.79 Å². The Hall–Kier alpha value is -1.77. The molecule has 21 atom stereocenters. The molecular formula is C132H250N12O4. The summed E-state index contributed by atoms with van der Waals surface area (Å²) >= 11 is 0. The van der Waals surface area contributed by atoms with Gasteiger partial charge >= 0.3 is 0 Å². The summed E-state index contributed by atoms with van der Waals surface area (Å²) in [6.45, 7) is 120. The maximum absolute atomic E-state index is 11.8. The molecule has 0 aromatic rings. The van der Waals surface area contributed by atoms with Crippen LogP contribution in [0.5, 0.6) is 0 Å². The maximum atomic E-state index is 11.8. The molecule has 148 heavy (non-hydrogen) atoms. The topological polar surface area (TPSA) is 101 Å².